The van der Waals surface area contributed by atoms with Crippen molar-refractivity contribution in [3.8, 4) is 5.75 Å². The molecule has 1 aromatic carbocycles. The molecule has 1 saturated carbocycles. The van der Waals surface area contributed by atoms with E-state index in [4.69, 9.17) is 9.47 Å². The number of allylic oxidation sites excluding steroid dienone is 1. The van der Waals surface area contributed by atoms with Crippen molar-refractivity contribution in [3.63, 3.8) is 0 Å². The predicted molar refractivity (Wildman–Crippen MR) is 134 cm³/mol. The fourth-order valence-electron chi connectivity index (χ4n) is 5.27. The lowest BCUT2D eigenvalue weighted by atomic mass is 9.81. The number of hydrogen-bond donors (Lipinski definition) is 0. The number of ether oxygens (including phenoxy) is 2. The Hall–Kier alpha value is -1.62. The standard InChI is InChI=1S/C28H38F2O2S/c1-5-19-8-10-20(11-9-19)16-32-23-13-12-21-22-15-18(4)26(31-14-6-7-17(2)3)25(30)28(22)33-27(21)24(23)29/h12-13,17-20H,5-11,14-16H2,1-4H3/t18?,19-,20-. The Morgan fingerprint density at radius 2 is 1.79 bits per heavy atom. The van der Waals surface area contributed by atoms with E-state index in [-0.39, 0.29) is 17.6 Å². The summed E-state index contributed by atoms with van der Waals surface area (Å²) in [4.78, 5) is 0.524. The maximum Gasteiger partial charge on any atom is 0.182 e. The number of halogens is 2. The van der Waals surface area contributed by atoms with Gasteiger partial charge in [0, 0.05) is 5.92 Å². The predicted octanol–water partition coefficient (Wildman–Crippen LogP) is 8.92. The number of benzene rings is 1. The highest BCUT2D eigenvalue weighted by Crippen LogP contribution is 2.46. The topological polar surface area (TPSA) is 18.5 Å². The molecule has 33 heavy (non-hydrogen) atoms. The van der Waals surface area contributed by atoms with Crippen molar-refractivity contribution in [2.24, 2.45) is 23.7 Å². The summed E-state index contributed by atoms with van der Waals surface area (Å²) in [7, 11) is 0. The lowest BCUT2D eigenvalue weighted by molar-refractivity contribution is 0.169. The van der Waals surface area contributed by atoms with Gasteiger partial charge in [0.15, 0.2) is 17.4 Å². The van der Waals surface area contributed by atoms with Crippen LogP contribution in [0.2, 0.25) is 0 Å². The van der Waals surface area contributed by atoms with Gasteiger partial charge in [0.25, 0.3) is 0 Å². The Morgan fingerprint density at radius 3 is 2.48 bits per heavy atom. The third-order valence-electron chi connectivity index (χ3n) is 7.44. The van der Waals surface area contributed by atoms with Crippen molar-refractivity contribution < 1.29 is 18.3 Å². The summed E-state index contributed by atoms with van der Waals surface area (Å²) in [6, 6.07) is 3.64. The summed E-state index contributed by atoms with van der Waals surface area (Å²) < 4.78 is 43.1. The zero-order valence-corrected chi connectivity index (χ0v) is 21.3. The SMILES string of the molecule is CC[C@H]1CC[C@H](COc2ccc3c4c(sc3c2F)C(F)=C(OCCCC(C)C)C(C)C4)CC1. The molecule has 4 rings (SSSR count). The minimum Gasteiger partial charge on any atom is -0.495 e. The summed E-state index contributed by atoms with van der Waals surface area (Å²) >= 11 is 1.20. The normalized spacial score (nSPS) is 23.3. The summed E-state index contributed by atoms with van der Waals surface area (Å²) in [6.45, 7) is 9.69. The molecule has 0 radical (unpaired) electrons. The number of rotatable bonds is 9. The minimum atomic E-state index is -0.353. The molecule has 0 saturated heterocycles. The molecule has 2 aliphatic rings. The second-order valence-electron chi connectivity index (χ2n) is 10.4. The average Bonchev–Trinajstić information content (AvgIpc) is 3.17. The second kappa shape index (κ2) is 10.8. The first-order valence-corrected chi connectivity index (χ1v) is 13.6. The molecule has 1 aromatic heterocycles. The van der Waals surface area contributed by atoms with Crippen LogP contribution in [0.1, 0.15) is 83.1 Å². The molecular formula is C28H38F2O2S. The van der Waals surface area contributed by atoms with Crippen LogP contribution < -0.4 is 4.74 Å². The summed E-state index contributed by atoms with van der Waals surface area (Å²) in [5.74, 6) is 1.94. The molecule has 0 amide bonds. The lowest BCUT2D eigenvalue weighted by Gasteiger charge is -2.27. The van der Waals surface area contributed by atoms with Gasteiger partial charge < -0.3 is 9.47 Å². The van der Waals surface area contributed by atoms with Gasteiger partial charge in [0.2, 0.25) is 0 Å². The first kappa shape index (κ1) is 24.5. The van der Waals surface area contributed by atoms with Gasteiger partial charge in [0.1, 0.15) is 5.76 Å². The van der Waals surface area contributed by atoms with E-state index < -0.39 is 0 Å². The molecule has 2 aliphatic carbocycles. The van der Waals surface area contributed by atoms with Gasteiger partial charge in [-0.1, -0.05) is 47.0 Å². The van der Waals surface area contributed by atoms with E-state index >= 15 is 8.78 Å². The zero-order valence-electron chi connectivity index (χ0n) is 20.5. The molecule has 2 aromatic rings. The quantitative estimate of drug-likeness (QED) is 0.336. The molecule has 2 nitrogen and oxygen atoms in total. The van der Waals surface area contributed by atoms with Gasteiger partial charge in [-0.3, -0.25) is 0 Å². The molecular weight excluding hydrogens is 438 g/mol. The maximum absolute atomic E-state index is 15.4. The molecule has 0 N–H and O–H groups in total. The summed E-state index contributed by atoms with van der Waals surface area (Å²) in [6.07, 6.45) is 8.69. The van der Waals surface area contributed by atoms with Crippen molar-refractivity contribution in [1.82, 2.24) is 0 Å². The third-order valence-corrected chi connectivity index (χ3v) is 8.67. The van der Waals surface area contributed by atoms with Crippen LogP contribution in [0.3, 0.4) is 0 Å². The van der Waals surface area contributed by atoms with Crippen LogP contribution >= 0.6 is 11.3 Å². The van der Waals surface area contributed by atoms with Crippen LogP contribution in [0.4, 0.5) is 8.78 Å². The smallest absolute Gasteiger partial charge is 0.182 e. The number of fused-ring (bicyclic) bond motifs is 3. The molecule has 1 atom stereocenters. The van der Waals surface area contributed by atoms with Gasteiger partial charge in [0.05, 0.1) is 22.8 Å². The van der Waals surface area contributed by atoms with E-state index in [0.717, 1.165) is 42.6 Å². The molecule has 0 aliphatic heterocycles. The van der Waals surface area contributed by atoms with Crippen molar-refractivity contribution in [2.75, 3.05) is 13.2 Å². The molecule has 1 heterocycles. The van der Waals surface area contributed by atoms with Crippen molar-refractivity contribution >= 4 is 27.2 Å². The third kappa shape index (κ3) is 5.39. The monoisotopic (exact) mass is 476 g/mol. The second-order valence-corrected chi connectivity index (χ2v) is 11.5. The van der Waals surface area contributed by atoms with Gasteiger partial charge in [-0.15, -0.1) is 11.3 Å². The lowest BCUT2D eigenvalue weighted by Crippen LogP contribution is -2.20. The van der Waals surface area contributed by atoms with Crippen molar-refractivity contribution in [1.29, 1.82) is 0 Å². The number of thiophene rings is 1. The van der Waals surface area contributed by atoms with E-state index in [9.17, 15) is 0 Å². The van der Waals surface area contributed by atoms with E-state index in [2.05, 4.69) is 20.8 Å². The summed E-state index contributed by atoms with van der Waals surface area (Å²) in [5.41, 5.74) is 0.901. The molecule has 1 unspecified atom stereocenters. The Balaban J connectivity index is 1.49. The minimum absolute atomic E-state index is 0.0495. The highest BCUT2D eigenvalue weighted by atomic mass is 32.1. The van der Waals surface area contributed by atoms with E-state index in [0.29, 0.717) is 52.6 Å². The summed E-state index contributed by atoms with van der Waals surface area (Å²) in [5, 5.41) is 0.809. The average molecular weight is 477 g/mol. The fraction of sp³-hybridized carbons (Fsp3) is 0.643. The molecule has 5 heteroatoms. The molecule has 0 bridgehead atoms. The van der Waals surface area contributed by atoms with Gasteiger partial charge in [-0.2, -0.15) is 0 Å². The van der Waals surface area contributed by atoms with Crippen LogP contribution in [-0.2, 0) is 11.2 Å². The maximum atomic E-state index is 15.4. The fourth-order valence-corrected chi connectivity index (χ4v) is 6.48. The molecule has 1 fully saturated rings. The first-order chi connectivity index (χ1) is 15.9. The van der Waals surface area contributed by atoms with Crippen LogP contribution in [0, 0.1) is 29.5 Å². The zero-order chi connectivity index (χ0) is 23.5. The van der Waals surface area contributed by atoms with Crippen molar-refractivity contribution in [2.45, 2.75) is 79.1 Å². The highest BCUT2D eigenvalue weighted by molar-refractivity contribution is 7.20. The Labute approximate surface area is 201 Å². The van der Waals surface area contributed by atoms with Gasteiger partial charge >= 0.3 is 0 Å². The van der Waals surface area contributed by atoms with Crippen LogP contribution in [-0.4, -0.2) is 13.2 Å². The van der Waals surface area contributed by atoms with Crippen LogP contribution in [0.25, 0.3) is 15.9 Å². The van der Waals surface area contributed by atoms with Crippen LogP contribution in [0.5, 0.6) is 5.75 Å². The first-order valence-electron chi connectivity index (χ1n) is 12.8. The largest absolute Gasteiger partial charge is 0.495 e. The molecule has 182 valence electrons. The molecule has 0 spiro atoms. The Morgan fingerprint density at radius 1 is 1.06 bits per heavy atom. The highest BCUT2D eigenvalue weighted by Gasteiger charge is 2.31. The van der Waals surface area contributed by atoms with Gasteiger partial charge in [-0.25, -0.2) is 8.78 Å². The van der Waals surface area contributed by atoms with Crippen LogP contribution in [0.15, 0.2) is 17.9 Å². The Bertz CT molecular complexity index is 985. The number of hydrogen-bond acceptors (Lipinski definition) is 3. The van der Waals surface area contributed by atoms with Gasteiger partial charge in [-0.05, 0) is 72.9 Å². The van der Waals surface area contributed by atoms with E-state index in [1.807, 2.05) is 13.0 Å². The Kier molecular flexibility index (Phi) is 7.99. The van der Waals surface area contributed by atoms with E-state index in [1.165, 1.54) is 30.6 Å². The van der Waals surface area contributed by atoms with Crippen molar-refractivity contribution in [3.05, 3.63) is 34.1 Å². The van der Waals surface area contributed by atoms with E-state index in [1.54, 1.807) is 6.07 Å².